The van der Waals surface area contributed by atoms with Crippen molar-refractivity contribution in [1.29, 1.82) is 0 Å². The molecule has 7 heteroatoms. The fraction of sp³-hybridized carbons (Fsp3) is 0.692. The second-order valence-electron chi connectivity index (χ2n) is 5.58. The maximum absolute atomic E-state index is 12.3. The van der Waals surface area contributed by atoms with Crippen LogP contribution in [0, 0.1) is 23.7 Å². The minimum Gasteiger partial charge on any atom is -0.481 e. The first kappa shape index (κ1) is 15.0. The van der Waals surface area contributed by atoms with Crippen molar-refractivity contribution in [2.24, 2.45) is 23.7 Å². The molecular weight excluding hydrogens is 266 g/mol. The number of rotatable bonds is 6. The third kappa shape index (κ3) is 2.32. The van der Waals surface area contributed by atoms with Crippen LogP contribution in [0.4, 0.5) is 0 Å². The van der Waals surface area contributed by atoms with Crippen LogP contribution in [-0.4, -0.2) is 57.7 Å². The van der Waals surface area contributed by atoms with Gasteiger partial charge < -0.3 is 25.7 Å². The summed E-state index contributed by atoms with van der Waals surface area (Å²) in [4.78, 5) is 23.6. The summed E-state index contributed by atoms with van der Waals surface area (Å²) in [5.74, 6) is -3.39. The predicted molar refractivity (Wildman–Crippen MR) is 67.5 cm³/mol. The molecule has 2 bridgehead atoms. The molecule has 1 saturated carbocycles. The minimum absolute atomic E-state index is 0.144. The van der Waals surface area contributed by atoms with Gasteiger partial charge in [-0.2, -0.15) is 0 Å². The summed E-state index contributed by atoms with van der Waals surface area (Å²) in [5, 5.41) is 39.3. The van der Waals surface area contributed by atoms with Gasteiger partial charge >= 0.3 is 5.97 Å². The molecule has 0 aliphatic heterocycles. The molecule has 1 amide bonds. The number of hydrogen-bond donors (Lipinski definition) is 5. The molecule has 112 valence electrons. The normalized spacial score (nSPS) is 31.6. The van der Waals surface area contributed by atoms with Crippen LogP contribution in [0.5, 0.6) is 0 Å². The average Bonchev–Trinajstić information content (AvgIpc) is 3.05. The number of aliphatic hydroxyl groups is 3. The van der Waals surface area contributed by atoms with E-state index >= 15 is 0 Å². The molecule has 2 unspecified atom stereocenters. The van der Waals surface area contributed by atoms with Crippen molar-refractivity contribution in [1.82, 2.24) is 5.32 Å². The van der Waals surface area contributed by atoms with Crippen LogP contribution in [0.3, 0.4) is 0 Å². The third-order valence-corrected chi connectivity index (χ3v) is 4.34. The first-order valence-electron chi connectivity index (χ1n) is 6.54. The van der Waals surface area contributed by atoms with E-state index in [1.807, 2.05) is 12.2 Å². The van der Waals surface area contributed by atoms with Gasteiger partial charge in [0.1, 0.15) is 5.54 Å². The molecule has 0 radical (unpaired) electrons. The van der Waals surface area contributed by atoms with Crippen LogP contribution in [0.1, 0.15) is 6.42 Å². The lowest BCUT2D eigenvalue weighted by atomic mass is 9.82. The van der Waals surface area contributed by atoms with Crippen LogP contribution in [0.15, 0.2) is 12.2 Å². The number of amides is 1. The zero-order valence-corrected chi connectivity index (χ0v) is 10.9. The van der Waals surface area contributed by atoms with Crippen molar-refractivity contribution in [2.45, 2.75) is 12.0 Å². The Morgan fingerprint density at radius 2 is 1.55 bits per heavy atom. The van der Waals surface area contributed by atoms with E-state index in [0.717, 1.165) is 0 Å². The summed E-state index contributed by atoms with van der Waals surface area (Å²) in [5.41, 5.74) is -1.52. The van der Waals surface area contributed by atoms with Gasteiger partial charge in [0.2, 0.25) is 5.91 Å². The fourth-order valence-corrected chi connectivity index (χ4v) is 3.13. The molecule has 2 aliphatic rings. The van der Waals surface area contributed by atoms with Gasteiger partial charge in [-0.3, -0.25) is 9.59 Å². The predicted octanol–water partition coefficient (Wildman–Crippen LogP) is -1.66. The van der Waals surface area contributed by atoms with Gasteiger partial charge in [-0.05, 0) is 18.3 Å². The maximum atomic E-state index is 12.3. The maximum Gasteiger partial charge on any atom is 0.307 e. The minimum atomic E-state index is -1.52. The zero-order valence-electron chi connectivity index (χ0n) is 10.9. The number of allylic oxidation sites excluding steroid dienone is 2. The van der Waals surface area contributed by atoms with Crippen molar-refractivity contribution in [2.75, 3.05) is 19.8 Å². The van der Waals surface area contributed by atoms with Crippen molar-refractivity contribution >= 4 is 11.9 Å². The lowest BCUT2D eigenvalue weighted by Crippen LogP contribution is -2.59. The molecule has 0 aromatic heterocycles. The van der Waals surface area contributed by atoms with Gasteiger partial charge in [-0.25, -0.2) is 0 Å². The number of nitrogens with one attached hydrogen (secondary N) is 1. The van der Waals surface area contributed by atoms with Gasteiger partial charge in [0, 0.05) is 0 Å². The summed E-state index contributed by atoms with van der Waals surface area (Å²) < 4.78 is 0. The molecule has 0 aromatic rings. The highest BCUT2D eigenvalue weighted by Crippen LogP contribution is 2.48. The summed E-state index contributed by atoms with van der Waals surface area (Å²) in [7, 11) is 0. The summed E-state index contributed by atoms with van der Waals surface area (Å²) in [6, 6.07) is 0. The van der Waals surface area contributed by atoms with Crippen LogP contribution in [0.25, 0.3) is 0 Å². The van der Waals surface area contributed by atoms with Crippen molar-refractivity contribution < 1.29 is 30.0 Å². The van der Waals surface area contributed by atoms with Crippen molar-refractivity contribution in [3.05, 3.63) is 12.2 Å². The van der Waals surface area contributed by atoms with E-state index in [4.69, 9.17) is 0 Å². The number of fused-ring (bicyclic) bond motifs is 2. The number of carboxylic acid groups (broad SMARTS) is 1. The van der Waals surface area contributed by atoms with E-state index in [1.54, 1.807) is 0 Å². The zero-order chi connectivity index (χ0) is 14.9. The number of aliphatic hydroxyl groups excluding tert-OH is 3. The van der Waals surface area contributed by atoms with Crippen molar-refractivity contribution in [3.63, 3.8) is 0 Å². The molecule has 20 heavy (non-hydrogen) atoms. The Hall–Kier alpha value is -1.44. The van der Waals surface area contributed by atoms with E-state index < -0.39 is 49.1 Å². The largest absolute Gasteiger partial charge is 0.481 e. The number of carbonyl (C=O) groups is 2. The molecular formula is C13H19NO6. The molecule has 4 atom stereocenters. The Labute approximate surface area is 115 Å². The van der Waals surface area contributed by atoms with Crippen LogP contribution in [0.2, 0.25) is 0 Å². The lowest BCUT2D eigenvalue weighted by Gasteiger charge is -2.32. The first-order valence-corrected chi connectivity index (χ1v) is 6.54. The summed E-state index contributed by atoms with van der Waals surface area (Å²) in [6.07, 6.45) is 4.29. The average molecular weight is 285 g/mol. The Kier molecular flexibility index (Phi) is 4.12. The van der Waals surface area contributed by atoms with Crippen molar-refractivity contribution in [3.8, 4) is 0 Å². The fourth-order valence-electron chi connectivity index (χ4n) is 3.13. The number of carbonyl (C=O) groups excluding carboxylic acids is 1. The molecule has 0 aromatic carbocycles. The second-order valence-corrected chi connectivity index (χ2v) is 5.58. The van der Waals surface area contributed by atoms with Gasteiger partial charge in [-0.1, -0.05) is 12.2 Å². The number of hydrogen-bond acceptors (Lipinski definition) is 5. The monoisotopic (exact) mass is 285 g/mol. The lowest BCUT2D eigenvalue weighted by molar-refractivity contribution is -0.148. The molecule has 7 nitrogen and oxygen atoms in total. The van der Waals surface area contributed by atoms with Gasteiger partial charge in [0.05, 0.1) is 31.7 Å². The second kappa shape index (κ2) is 5.51. The molecule has 2 aliphatic carbocycles. The van der Waals surface area contributed by atoms with Gasteiger partial charge in [0.15, 0.2) is 0 Å². The smallest absolute Gasteiger partial charge is 0.307 e. The summed E-state index contributed by atoms with van der Waals surface area (Å²) in [6.45, 7) is -1.87. The van der Waals surface area contributed by atoms with E-state index in [-0.39, 0.29) is 11.8 Å². The van der Waals surface area contributed by atoms with Crippen LogP contribution >= 0.6 is 0 Å². The van der Waals surface area contributed by atoms with Gasteiger partial charge in [0.25, 0.3) is 0 Å². The third-order valence-electron chi connectivity index (χ3n) is 4.34. The highest BCUT2D eigenvalue weighted by molar-refractivity contribution is 5.87. The molecule has 0 saturated heterocycles. The quantitative estimate of drug-likeness (QED) is 0.372. The SMILES string of the molecule is O=C(O)[C@@H]1C2C=CC(C2)[C@@H]1C(=O)NC(CO)(CO)CO. The topological polar surface area (TPSA) is 127 Å². The highest BCUT2D eigenvalue weighted by Gasteiger charge is 2.52. The van der Waals surface area contributed by atoms with E-state index in [0.29, 0.717) is 6.42 Å². The Morgan fingerprint density at radius 3 is 2.00 bits per heavy atom. The van der Waals surface area contributed by atoms with E-state index in [9.17, 15) is 30.0 Å². The van der Waals surface area contributed by atoms with Gasteiger partial charge in [-0.15, -0.1) is 0 Å². The van der Waals surface area contributed by atoms with Crippen LogP contribution < -0.4 is 5.32 Å². The Bertz CT molecular complexity index is 422. The Balaban J connectivity index is 2.16. The molecule has 1 fully saturated rings. The molecule has 5 N–H and O–H groups in total. The summed E-state index contributed by atoms with van der Waals surface area (Å²) >= 11 is 0. The number of aliphatic carboxylic acids is 1. The number of carboxylic acids is 1. The molecule has 0 heterocycles. The molecule has 0 spiro atoms. The Morgan fingerprint density at radius 1 is 1.05 bits per heavy atom. The highest BCUT2D eigenvalue weighted by atomic mass is 16.4. The molecule has 2 rings (SSSR count). The standard InChI is InChI=1S/C13H19NO6/c15-4-13(5-16,6-17)14-11(18)9-7-1-2-8(3-7)10(9)12(19)20/h1-2,7-10,15-17H,3-6H2,(H,14,18)(H,19,20)/t7?,8?,9-,10+/m0/s1. The van der Waals surface area contributed by atoms with E-state index in [2.05, 4.69) is 5.32 Å². The first-order chi connectivity index (χ1) is 9.48. The van der Waals surface area contributed by atoms with Crippen LogP contribution in [-0.2, 0) is 9.59 Å². The van der Waals surface area contributed by atoms with E-state index in [1.165, 1.54) is 0 Å².